The highest BCUT2D eigenvalue weighted by Crippen LogP contribution is 2.24. The molecular weight excluding hydrogens is 312 g/mol. The summed E-state index contributed by atoms with van der Waals surface area (Å²) in [6, 6.07) is 4.83. The van der Waals surface area contributed by atoms with Crippen LogP contribution in [0.4, 0.5) is 5.13 Å². The fourth-order valence-corrected chi connectivity index (χ4v) is 3.08. The van der Waals surface area contributed by atoms with Gasteiger partial charge in [-0.1, -0.05) is 13.3 Å². The lowest BCUT2D eigenvalue weighted by Gasteiger charge is -2.08. The number of phenolic OH excluding ortho intramolecular Hbond substituents is 1. The molecule has 0 unspecified atom stereocenters. The Bertz CT molecular complexity index is 811. The number of hydrogen-bond acceptors (Lipinski definition) is 5. The number of thiazole rings is 1. The third kappa shape index (κ3) is 3.40. The highest BCUT2D eigenvalue weighted by Gasteiger charge is 2.14. The average molecular weight is 328 g/mol. The van der Waals surface area contributed by atoms with Crippen LogP contribution < -0.4 is 5.32 Å². The first kappa shape index (κ1) is 15.2. The van der Waals surface area contributed by atoms with Gasteiger partial charge in [0.05, 0.1) is 11.9 Å². The number of rotatable bonds is 5. The summed E-state index contributed by atoms with van der Waals surface area (Å²) in [6.07, 6.45) is 8.79. The van der Waals surface area contributed by atoms with E-state index in [-0.39, 0.29) is 17.2 Å². The molecule has 23 heavy (non-hydrogen) atoms. The number of nitrogens with one attached hydrogen (secondary N) is 1. The van der Waals surface area contributed by atoms with Gasteiger partial charge in [0.15, 0.2) is 5.13 Å². The number of anilines is 1. The van der Waals surface area contributed by atoms with Crippen LogP contribution in [0.3, 0.4) is 0 Å². The summed E-state index contributed by atoms with van der Waals surface area (Å²) >= 11 is 1.45. The number of imidazole rings is 1. The summed E-state index contributed by atoms with van der Waals surface area (Å²) in [6.45, 7) is 2.09. The Morgan fingerprint density at radius 2 is 2.30 bits per heavy atom. The Morgan fingerprint density at radius 3 is 3.04 bits per heavy atom. The van der Waals surface area contributed by atoms with E-state index in [1.165, 1.54) is 17.4 Å². The number of hydrogen-bond donors (Lipinski definition) is 2. The number of carbonyl (C=O) groups is 1. The molecule has 0 saturated carbocycles. The van der Waals surface area contributed by atoms with E-state index in [0.29, 0.717) is 5.13 Å². The first-order valence-electron chi connectivity index (χ1n) is 7.24. The maximum atomic E-state index is 12.4. The molecule has 0 spiro atoms. The van der Waals surface area contributed by atoms with Crippen LogP contribution in [0, 0.1) is 0 Å². The van der Waals surface area contributed by atoms with Gasteiger partial charge >= 0.3 is 0 Å². The topological polar surface area (TPSA) is 80.0 Å². The minimum absolute atomic E-state index is 0.0725. The number of aryl methyl sites for hydroxylation is 1. The molecule has 0 atom stereocenters. The highest BCUT2D eigenvalue weighted by atomic mass is 32.1. The lowest BCUT2D eigenvalue weighted by Crippen LogP contribution is -2.12. The molecule has 1 amide bonds. The molecule has 2 aromatic heterocycles. The quantitative estimate of drug-likeness (QED) is 0.753. The summed E-state index contributed by atoms with van der Waals surface area (Å²) in [5, 5.41) is 13.2. The second-order valence-electron chi connectivity index (χ2n) is 5.01. The Morgan fingerprint density at radius 1 is 1.43 bits per heavy atom. The fraction of sp³-hybridized carbons (Fsp3) is 0.188. The largest absolute Gasteiger partial charge is 0.507 e. The Balaban J connectivity index is 1.82. The first-order chi connectivity index (χ1) is 11.2. The molecule has 6 nitrogen and oxygen atoms in total. The molecule has 0 fully saturated rings. The number of amides is 1. The van der Waals surface area contributed by atoms with Crippen LogP contribution in [0.15, 0.2) is 43.1 Å². The van der Waals surface area contributed by atoms with Crippen LogP contribution in [0.1, 0.15) is 28.6 Å². The van der Waals surface area contributed by atoms with Gasteiger partial charge in [-0.05, 0) is 24.6 Å². The van der Waals surface area contributed by atoms with Crippen molar-refractivity contribution in [3.63, 3.8) is 0 Å². The van der Waals surface area contributed by atoms with Gasteiger partial charge in [0.25, 0.3) is 5.91 Å². The molecule has 3 rings (SSSR count). The second-order valence-corrected chi connectivity index (χ2v) is 6.12. The predicted octanol–water partition coefficient (Wildman–Crippen LogP) is 3.24. The minimum Gasteiger partial charge on any atom is -0.507 e. The Labute approximate surface area is 137 Å². The van der Waals surface area contributed by atoms with Gasteiger partial charge in [-0.2, -0.15) is 0 Å². The van der Waals surface area contributed by atoms with Crippen molar-refractivity contribution in [2.45, 2.75) is 19.8 Å². The molecule has 0 aliphatic carbocycles. The van der Waals surface area contributed by atoms with Crippen molar-refractivity contribution in [2.24, 2.45) is 0 Å². The van der Waals surface area contributed by atoms with Crippen molar-refractivity contribution in [1.29, 1.82) is 0 Å². The molecular formula is C16H16N4O2S. The van der Waals surface area contributed by atoms with E-state index >= 15 is 0 Å². The number of phenols is 1. The second kappa shape index (κ2) is 6.62. The maximum Gasteiger partial charge on any atom is 0.261 e. The molecule has 0 aliphatic heterocycles. The van der Waals surface area contributed by atoms with Crippen LogP contribution in [0.25, 0.3) is 5.69 Å². The standard InChI is InChI=1S/C16H16N4O2S/c1-2-3-12-9-18-16(23-12)19-15(22)13-8-11(4-5-14(13)21)20-7-6-17-10-20/h4-10,21H,2-3H2,1H3,(H,18,19,22). The normalized spacial score (nSPS) is 10.7. The molecule has 0 bridgehead atoms. The zero-order chi connectivity index (χ0) is 16.2. The zero-order valence-corrected chi connectivity index (χ0v) is 13.4. The van der Waals surface area contributed by atoms with E-state index in [0.717, 1.165) is 23.4 Å². The molecule has 1 aromatic carbocycles. The molecule has 0 saturated heterocycles. The van der Waals surface area contributed by atoms with E-state index in [4.69, 9.17) is 0 Å². The third-order valence-corrected chi connectivity index (χ3v) is 4.27. The fourth-order valence-electron chi connectivity index (χ4n) is 2.17. The van der Waals surface area contributed by atoms with Gasteiger partial charge in [-0.3, -0.25) is 10.1 Å². The lowest BCUT2D eigenvalue weighted by atomic mass is 10.1. The van der Waals surface area contributed by atoms with E-state index in [2.05, 4.69) is 22.2 Å². The number of aromatic hydroxyl groups is 1. The van der Waals surface area contributed by atoms with E-state index in [9.17, 15) is 9.90 Å². The van der Waals surface area contributed by atoms with Crippen molar-refractivity contribution >= 4 is 22.4 Å². The molecule has 7 heteroatoms. The van der Waals surface area contributed by atoms with Crippen molar-refractivity contribution < 1.29 is 9.90 Å². The van der Waals surface area contributed by atoms with E-state index in [1.807, 2.05) is 0 Å². The summed E-state index contributed by atoms with van der Waals surface area (Å²) in [7, 11) is 0. The molecule has 3 aromatic rings. The van der Waals surface area contributed by atoms with Crippen LogP contribution in [-0.2, 0) is 6.42 Å². The predicted molar refractivity (Wildman–Crippen MR) is 89.3 cm³/mol. The zero-order valence-electron chi connectivity index (χ0n) is 12.6. The highest BCUT2D eigenvalue weighted by molar-refractivity contribution is 7.15. The van der Waals surface area contributed by atoms with Crippen LogP contribution in [0.2, 0.25) is 0 Å². The molecule has 0 radical (unpaired) electrons. The monoisotopic (exact) mass is 328 g/mol. The number of nitrogens with zero attached hydrogens (tertiary/aromatic N) is 3. The van der Waals surface area contributed by atoms with E-state index < -0.39 is 0 Å². The van der Waals surface area contributed by atoms with Gasteiger partial charge in [0.2, 0.25) is 0 Å². The third-order valence-electron chi connectivity index (χ3n) is 3.30. The summed E-state index contributed by atoms with van der Waals surface area (Å²) in [4.78, 5) is 21.7. The van der Waals surface area contributed by atoms with Crippen LogP contribution in [0.5, 0.6) is 5.75 Å². The molecule has 118 valence electrons. The first-order valence-corrected chi connectivity index (χ1v) is 8.06. The van der Waals surface area contributed by atoms with Crippen LogP contribution >= 0.6 is 11.3 Å². The minimum atomic E-state index is -0.387. The smallest absolute Gasteiger partial charge is 0.261 e. The summed E-state index contributed by atoms with van der Waals surface area (Å²) in [5.74, 6) is -0.460. The van der Waals surface area contributed by atoms with Crippen molar-refractivity contribution in [2.75, 3.05) is 5.32 Å². The number of aromatic nitrogens is 3. The summed E-state index contributed by atoms with van der Waals surface area (Å²) < 4.78 is 1.76. The molecule has 0 aliphatic rings. The van der Waals surface area contributed by atoms with Crippen molar-refractivity contribution in [3.8, 4) is 11.4 Å². The van der Waals surface area contributed by atoms with Gasteiger partial charge in [0.1, 0.15) is 5.75 Å². The molecule has 2 heterocycles. The van der Waals surface area contributed by atoms with Gasteiger partial charge < -0.3 is 9.67 Å². The number of benzene rings is 1. The maximum absolute atomic E-state index is 12.4. The van der Waals surface area contributed by atoms with Gasteiger partial charge in [-0.25, -0.2) is 9.97 Å². The van der Waals surface area contributed by atoms with Gasteiger partial charge in [-0.15, -0.1) is 11.3 Å². The van der Waals surface area contributed by atoms with Gasteiger partial charge in [0, 0.05) is 29.2 Å². The average Bonchev–Trinajstić information content (AvgIpc) is 3.20. The van der Waals surface area contributed by atoms with Crippen LogP contribution in [-0.4, -0.2) is 25.5 Å². The SMILES string of the molecule is CCCc1cnc(NC(=O)c2cc(-n3ccnc3)ccc2O)s1. The summed E-state index contributed by atoms with van der Waals surface area (Å²) in [5.41, 5.74) is 0.944. The van der Waals surface area contributed by atoms with Crippen molar-refractivity contribution in [3.05, 3.63) is 53.6 Å². The van der Waals surface area contributed by atoms with Crippen molar-refractivity contribution in [1.82, 2.24) is 14.5 Å². The number of carbonyl (C=O) groups excluding carboxylic acids is 1. The molecule has 2 N–H and O–H groups in total. The Kier molecular flexibility index (Phi) is 4.38. The Hall–Kier alpha value is -2.67. The van der Waals surface area contributed by atoms with E-state index in [1.54, 1.807) is 41.6 Å². The lowest BCUT2D eigenvalue weighted by molar-refractivity contribution is 0.102.